The molecule has 0 spiro atoms. The fraction of sp³-hybridized carbons (Fsp3) is 0.750. The smallest absolute Gasteiger partial charge is 0.00860 e. The van der Waals surface area contributed by atoms with Gasteiger partial charge in [-0.25, -0.2) is 0 Å². The van der Waals surface area contributed by atoms with E-state index in [2.05, 4.69) is 11.8 Å². The molecule has 0 heterocycles. The molecule has 0 amide bonds. The highest BCUT2D eigenvalue weighted by Gasteiger charge is 1.92. The minimum atomic E-state index is 0.954. The van der Waals surface area contributed by atoms with E-state index in [-0.39, 0.29) is 0 Å². The van der Waals surface area contributed by atoms with Gasteiger partial charge in [-0.1, -0.05) is 51.4 Å². The predicted octanol–water partition coefficient (Wildman–Crippen LogP) is 4.93. The summed E-state index contributed by atoms with van der Waals surface area (Å²) in [6, 6.07) is 0. The lowest BCUT2D eigenvalue weighted by Gasteiger charge is -2.01. The molecular formula is C16H26. The summed E-state index contributed by atoms with van der Waals surface area (Å²) in [5, 5.41) is 0. The second kappa shape index (κ2) is 14.1. The Morgan fingerprint density at radius 2 is 0.688 bits per heavy atom. The zero-order valence-corrected chi connectivity index (χ0v) is 10.6. The van der Waals surface area contributed by atoms with Crippen molar-refractivity contribution < 1.29 is 0 Å². The molecule has 0 saturated carbocycles. The second-order valence-electron chi connectivity index (χ2n) is 4.44. The monoisotopic (exact) mass is 218 g/mol. The third kappa shape index (κ3) is 13.1. The van der Waals surface area contributed by atoms with Crippen LogP contribution in [-0.4, -0.2) is 0 Å². The van der Waals surface area contributed by atoms with Gasteiger partial charge in [0, 0.05) is 12.8 Å². The van der Waals surface area contributed by atoms with Crippen LogP contribution in [0.15, 0.2) is 0 Å². The lowest BCUT2D eigenvalue weighted by molar-refractivity contribution is 0.555. The fourth-order valence-electron chi connectivity index (χ4n) is 1.87. The van der Waals surface area contributed by atoms with Crippen LogP contribution in [0.25, 0.3) is 0 Å². The Labute approximate surface area is 102 Å². The summed E-state index contributed by atoms with van der Waals surface area (Å²) in [4.78, 5) is 0. The molecule has 0 rings (SSSR count). The zero-order valence-electron chi connectivity index (χ0n) is 10.6. The van der Waals surface area contributed by atoms with Crippen molar-refractivity contribution in [2.24, 2.45) is 0 Å². The van der Waals surface area contributed by atoms with E-state index in [1.807, 2.05) is 0 Å². The first-order chi connectivity index (χ1) is 7.91. The number of hydrogen-bond acceptors (Lipinski definition) is 0. The third-order valence-corrected chi connectivity index (χ3v) is 2.89. The average Bonchev–Trinajstić information content (AvgIpc) is 2.31. The van der Waals surface area contributed by atoms with Gasteiger partial charge in [-0.2, -0.15) is 0 Å². The third-order valence-electron chi connectivity index (χ3n) is 2.89. The molecule has 0 aromatic heterocycles. The van der Waals surface area contributed by atoms with Gasteiger partial charge in [0.05, 0.1) is 0 Å². The van der Waals surface area contributed by atoms with Crippen molar-refractivity contribution in [3.8, 4) is 24.7 Å². The van der Waals surface area contributed by atoms with Gasteiger partial charge >= 0.3 is 0 Å². The van der Waals surface area contributed by atoms with Crippen LogP contribution >= 0.6 is 0 Å². The number of unbranched alkanes of at least 4 members (excludes halogenated alkanes) is 11. The van der Waals surface area contributed by atoms with Crippen molar-refractivity contribution in [3.05, 3.63) is 0 Å². The lowest BCUT2D eigenvalue weighted by atomic mass is 10.1. The molecule has 0 atom stereocenters. The fourth-order valence-corrected chi connectivity index (χ4v) is 1.87. The highest BCUT2D eigenvalue weighted by Crippen LogP contribution is 2.11. The molecule has 16 heavy (non-hydrogen) atoms. The van der Waals surface area contributed by atoms with Crippen molar-refractivity contribution in [1.82, 2.24) is 0 Å². The maximum absolute atomic E-state index is 5.20. The normalized spacial score (nSPS) is 9.62. The standard InChI is InChI=1S/C16H26/c1-3-5-7-9-11-13-15-16-14-12-10-8-6-4-2/h1-2H,5-16H2. The van der Waals surface area contributed by atoms with Gasteiger partial charge in [0.2, 0.25) is 0 Å². The van der Waals surface area contributed by atoms with Crippen LogP contribution in [0.3, 0.4) is 0 Å². The van der Waals surface area contributed by atoms with Crippen molar-refractivity contribution in [1.29, 1.82) is 0 Å². The Kier molecular flexibility index (Phi) is 13.3. The maximum atomic E-state index is 5.20. The average molecular weight is 218 g/mol. The Bertz CT molecular complexity index is 177. The van der Waals surface area contributed by atoms with E-state index in [0.717, 1.165) is 12.8 Å². The summed E-state index contributed by atoms with van der Waals surface area (Å²) >= 11 is 0. The molecule has 0 aromatic rings. The van der Waals surface area contributed by atoms with E-state index < -0.39 is 0 Å². The Balaban J connectivity index is 2.89. The Morgan fingerprint density at radius 1 is 0.438 bits per heavy atom. The largest absolute Gasteiger partial charge is 0.120 e. The molecule has 0 heteroatoms. The van der Waals surface area contributed by atoms with Gasteiger partial charge in [-0.3, -0.25) is 0 Å². The summed E-state index contributed by atoms with van der Waals surface area (Å²) in [7, 11) is 0. The SMILES string of the molecule is C#CCCCCCCCCCCCCC#C. The highest BCUT2D eigenvalue weighted by molar-refractivity contribution is 4.83. The van der Waals surface area contributed by atoms with E-state index in [1.165, 1.54) is 64.2 Å². The summed E-state index contributed by atoms with van der Waals surface area (Å²) in [5.74, 6) is 5.38. The molecule has 0 aromatic carbocycles. The quantitative estimate of drug-likeness (QED) is 0.340. The second-order valence-corrected chi connectivity index (χ2v) is 4.44. The Morgan fingerprint density at radius 3 is 0.938 bits per heavy atom. The molecule has 0 bridgehead atoms. The van der Waals surface area contributed by atoms with Crippen LogP contribution in [0.1, 0.15) is 77.0 Å². The molecule has 0 unspecified atom stereocenters. The van der Waals surface area contributed by atoms with Crippen LogP contribution in [0.5, 0.6) is 0 Å². The predicted molar refractivity (Wildman–Crippen MR) is 73.1 cm³/mol. The summed E-state index contributed by atoms with van der Waals surface area (Å²) in [5.41, 5.74) is 0. The Hall–Kier alpha value is -0.880. The van der Waals surface area contributed by atoms with Gasteiger partial charge in [-0.15, -0.1) is 24.7 Å². The van der Waals surface area contributed by atoms with Crippen LogP contribution < -0.4 is 0 Å². The van der Waals surface area contributed by atoms with Crippen LogP contribution in [-0.2, 0) is 0 Å². The number of terminal acetylenes is 2. The van der Waals surface area contributed by atoms with Crippen molar-refractivity contribution in [2.75, 3.05) is 0 Å². The zero-order chi connectivity index (χ0) is 11.9. The minimum Gasteiger partial charge on any atom is -0.120 e. The highest BCUT2D eigenvalue weighted by atomic mass is 14.0. The van der Waals surface area contributed by atoms with E-state index in [4.69, 9.17) is 12.8 Å². The number of hydrogen-bond donors (Lipinski definition) is 0. The van der Waals surface area contributed by atoms with Crippen LogP contribution in [0.4, 0.5) is 0 Å². The number of rotatable bonds is 11. The van der Waals surface area contributed by atoms with Gasteiger partial charge in [0.1, 0.15) is 0 Å². The van der Waals surface area contributed by atoms with Gasteiger partial charge in [0.25, 0.3) is 0 Å². The lowest BCUT2D eigenvalue weighted by Crippen LogP contribution is -1.82. The molecule has 0 aliphatic heterocycles. The summed E-state index contributed by atoms with van der Waals surface area (Å²) in [6.07, 6.45) is 25.6. The molecule has 0 fully saturated rings. The molecule has 0 N–H and O–H groups in total. The first-order valence-corrected chi connectivity index (χ1v) is 6.78. The molecular weight excluding hydrogens is 192 g/mol. The topological polar surface area (TPSA) is 0 Å². The van der Waals surface area contributed by atoms with E-state index >= 15 is 0 Å². The molecule has 0 radical (unpaired) electrons. The summed E-state index contributed by atoms with van der Waals surface area (Å²) < 4.78 is 0. The van der Waals surface area contributed by atoms with E-state index in [1.54, 1.807) is 0 Å². The van der Waals surface area contributed by atoms with Crippen LogP contribution in [0.2, 0.25) is 0 Å². The molecule has 90 valence electrons. The maximum Gasteiger partial charge on any atom is 0.00860 e. The minimum absolute atomic E-state index is 0.954. The van der Waals surface area contributed by atoms with Crippen LogP contribution in [0, 0.1) is 24.7 Å². The molecule has 0 nitrogen and oxygen atoms in total. The molecule has 0 aliphatic rings. The van der Waals surface area contributed by atoms with Crippen molar-refractivity contribution in [2.45, 2.75) is 77.0 Å². The molecule has 0 aliphatic carbocycles. The van der Waals surface area contributed by atoms with Crippen molar-refractivity contribution in [3.63, 3.8) is 0 Å². The van der Waals surface area contributed by atoms with Crippen molar-refractivity contribution >= 4 is 0 Å². The first kappa shape index (κ1) is 15.1. The van der Waals surface area contributed by atoms with Gasteiger partial charge in [0.15, 0.2) is 0 Å². The van der Waals surface area contributed by atoms with Gasteiger partial charge in [-0.05, 0) is 12.8 Å². The van der Waals surface area contributed by atoms with E-state index in [9.17, 15) is 0 Å². The summed E-state index contributed by atoms with van der Waals surface area (Å²) in [6.45, 7) is 0. The van der Waals surface area contributed by atoms with Gasteiger partial charge < -0.3 is 0 Å². The molecule has 0 saturated heterocycles. The first-order valence-electron chi connectivity index (χ1n) is 6.78. The van der Waals surface area contributed by atoms with E-state index in [0.29, 0.717) is 0 Å².